The summed E-state index contributed by atoms with van der Waals surface area (Å²) in [7, 11) is 2.07. The maximum atomic E-state index is 14.6. The minimum atomic E-state index is -0.540. The van der Waals surface area contributed by atoms with Crippen LogP contribution in [-0.2, 0) is 4.79 Å². The van der Waals surface area contributed by atoms with E-state index in [9.17, 15) is 14.4 Å². The Morgan fingerprint density at radius 2 is 2.02 bits per heavy atom. The van der Waals surface area contributed by atoms with Gasteiger partial charge in [0.05, 0.1) is 39.7 Å². The molecule has 0 saturated carbocycles. The van der Waals surface area contributed by atoms with Gasteiger partial charge in [-0.15, -0.1) is 0 Å². The molecule has 2 aliphatic rings. The quantitative estimate of drug-likeness (QED) is 0.233. The SMILES string of the molecule is C=CC(=O)N1CCN(c2nc(OC[C@@H]3CCCN3C)nc3nc(-c4cccc5ccc(F)c(Cl)c45)c(Cl)cc23)C[C@@H]1CC#N. The minimum absolute atomic E-state index is 0.0142. The van der Waals surface area contributed by atoms with Gasteiger partial charge in [0, 0.05) is 36.6 Å². The van der Waals surface area contributed by atoms with Crippen molar-refractivity contribution in [1.82, 2.24) is 24.8 Å². The highest BCUT2D eigenvalue weighted by molar-refractivity contribution is 6.38. The van der Waals surface area contributed by atoms with Crippen LogP contribution >= 0.6 is 23.2 Å². The molecule has 0 spiro atoms. The van der Waals surface area contributed by atoms with Crippen LogP contribution in [0.4, 0.5) is 10.2 Å². The number of hydrogen-bond acceptors (Lipinski definition) is 8. The number of carbonyl (C=O) groups excluding carboxylic acids is 1. The average molecular weight is 635 g/mol. The molecule has 4 aromatic rings. The number of nitrogens with zero attached hydrogens (tertiary/aromatic N) is 7. The van der Waals surface area contributed by atoms with Gasteiger partial charge >= 0.3 is 6.01 Å². The van der Waals surface area contributed by atoms with E-state index in [1.807, 2.05) is 17.0 Å². The molecule has 4 heterocycles. The van der Waals surface area contributed by atoms with E-state index in [-0.39, 0.29) is 35.4 Å². The van der Waals surface area contributed by atoms with Crippen LogP contribution in [0.3, 0.4) is 0 Å². The Bertz CT molecular complexity index is 1810. The Balaban J connectivity index is 1.47. The van der Waals surface area contributed by atoms with Crippen LogP contribution in [0.2, 0.25) is 10.0 Å². The Labute approximate surface area is 264 Å². The number of aromatic nitrogens is 3. The number of carbonyl (C=O) groups is 1. The van der Waals surface area contributed by atoms with Crippen molar-refractivity contribution in [2.75, 3.05) is 44.7 Å². The number of hydrogen-bond donors (Lipinski definition) is 0. The van der Waals surface area contributed by atoms with Crippen molar-refractivity contribution >= 4 is 56.7 Å². The first kappa shape index (κ1) is 30.0. The molecule has 0 bridgehead atoms. The summed E-state index contributed by atoms with van der Waals surface area (Å²) < 4.78 is 20.7. The van der Waals surface area contributed by atoms with Crippen LogP contribution in [0.15, 0.2) is 49.1 Å². The summed E-state index contributed by atoms with van der Waals surface area (Å²) >= 11 is 13.3. The van der Waals surface area contributed by atoms with Gasteiger partial charge in [0.1, 0.15) is 18.2 Å². The van der Waals surface area contributed by atoms with E-state index < -0.39 is 5.82 Å². The van der Waals surface area contributed by atoms with Crippen LogP contribution in [-0.4, -0.2) is 82.6 Å². The van der Waals surface area contributed by atoms with Gasteiger partial charge in [0.2, 0.25) is 5.91 Å². The van der Waals surface area contributed by atoms with Gasteiger partial charge in [-0.25, -0.2) is 9.37 Å². The molecule has 0 unspecified atom stereocenters. The van der Waals surface area contributed by atoms with Crippen LogP contribution in [0.5, 0.6) is 6.01 Å². The number of rotatable bonds is 7. The van der Waals surface area contributed by atoms with Crippen LogP contribution in [0, 0.1) is 17.1 Å². The molecule has 226 valence electrons. The van der Waals surface area contributed by atoms with Crippen molar-refractivity contribution in [3.8, 4) is 23.3 Å². The molecule has 2 atom stereocenters. The van der Waals surface area contributed by atoms with Crippen molar-refractivity contribution in [3.63, 3.8) is 0 Å². The van der Waals surface area contributed by atoms with Crippen LogP contribution in [0.25, 0.3) is 33.1 Å². The molecule has 12 heteroatoms. The maximum absolute atomic E-state index is 14.6. The normalized spacial score (nSPS) is 19.0. The molecule has 1 amide bonds. The number of ether oxygens (including phenoxy) is 1. The second-order valence-electron chi connectivity index (χ2n) is 11.1. The number of fused-ring (bicyclic) bond motifs is 2. The molecule has 6 rings (SSSR count). The lowest BCUT2D eigenvalue weighted by molar-refractivity contribution is -0.128. The van der Waals surface area contributed by atoms with Gasteiger partial charge in [-0.05, 0) is 50.0 Å². The first-order chi connectivity index (χ1) is 21.3. The molecular formula is C32H30Cl2FN7O2. The second-order valence-corrected chi connectivity index (χ2v) is 11.9. The molecule has 2 aromatic heterocycles. The smallest absolute Gasteiger partial charge is 0.320 e. The van der Waals surface area contributed by atoms with Gasteiger partial charge in [-0.2, -0.15) is 15.2 Å². The van der Waals surface area contributed by atoms with E-state index in [1.54, 1.807) is 23.1 Å². The fourth-order valence-corrected chi connectivity index (χ4v) is 6.62. The lowest BCUT2D eigenvalue weighted by Gasteiger charge is -2.41. The van der Waals surface area contributed by atoms with Gasteiger partial charge in [0.15, 0.2) is 5.65 Å². The van der Waals surface area contributed by atoms with E-state index >= 15 is 0 Å². The number of halogens is 3. The zero-order chi connectivity index (χ0) is 31.0. The van der Waals surface area contributed by atoms with Gasteiger partial charge in [0.25, 0.3) is 0 Å². The first-order valence-corrected chi connectivity index (χ1v) is 15.2. The predicted molar refractivity (Wildman–Crippen MR) is 170 cm³/mol. The molecule has 2 fully saturated rings. The number of pyridine rings is 1. The molecule has 9 nitrogen and oxygen atoms in total. The lowest BCUT2D eigenvalue weighted by atomic mass is 10.0. The molecule has 0 aliphatic carbocycles. The van der Waals surface area contributed by atoms with Gasteiger partial charge in [-0.3, -0.25) is 4.79 Å². The molecule has 44 heavy (non-hydrogen) atoms. The average Bonchev–Trinajstić information content (AvgIpc) is 3.45. The van der Waals surface area contributed by atoms with E-state index in [2.05, 4.69) is 24.6 Å². The highest BCUT2D eigenvalue weighted by Gasteiger charge is 2.32. The highest BCUT2D eigenvalue weighted by Crippen LogP contribution is 2.40. The third-order valence-corrected chi connectivity index (χ3v) is 9.09. The molecule has 2 aliphatic heterocycles. The fourth-order valence-electron chi connectivity index (χ4n) is 6.09. The third-order valence-electron chi connectivity index (χ3n) is 8.43. The Hall–Kier alpha value is -4.04. The number of nitriles is 1. The van der Waals surface area contributed by atoms with Crippen LogP contribution in [0.1, 0.15) is 19.3 Å². The van der Waals surface area contributed by atoms with E-state index in [0.29, 0.717) is 64.8 Å². The van der Waals surface area contributed by atoms with Crippen molar-refractivity contribution in [3.05, 3.63) is 64.9 Å². The van der Waals surface area contributed by atoms with E-state index in [4.69, 9.17) is 42.9 Å². The number of piperazine rings is 1. The second kappa shape index (κ2) is 12.5. The van der Waals surface area contributed by atoms with E-state index in [1.165, 1.54) is 12.1 Å². The zero-order valence-corrected chi connectivity index (χ0v) is 25.7. The number of amides is 1. The van der Waals surface area contributed by atoms with Gasteiger partial charge < -0.3 is 19.4 Å². The lowest BCUT2D eigenvalue weighted by Crippen LogP contribution is -2.55. The molecule has 2 aromatic carbocycles. The zero-order valence-electron chi connectivity index (χ0n) is 24.1. The third kappa shape index (κ3) is 5.63. The predicted octanol–water partition coefficient (Wildman–Crippen LogP) is 5.88. The highest BCUT2D eigenvalue weighted by atomic mass is 35.5. The molecule has 0 radical (unpaired) electrons. The summed E-state index contributed by atoms with van der Waals surface area (Å²) in [5.41, 5.74) is 1.31. The van der Waals surface area contributed by atoms with Crippen molar-refractivity contribution in [2.24, 2.45) is 0 Å². The topological polar surface area (TPSA) is 98.5 Å². The molecule has 2 saturated heterocycles. The molecular weight excluding hydrogens is 604 g/mol. The summed E-state index contributed by atoms with van der Waals surface area (Å²) in [5, 5.41) is 11.6. The number of benzene rings is 2. The molecule has 0 N–H and O–H groups in total. The number of likely N-dealkylation sites (N-methyl/N-ethyl adjacent to an activating group) is 1. The Morgan fingerprint density at radius 3 is 2.77 bits per heavy atom. The summed E-state index contributed by atoms with van der Waals surface area (Å²) in [6.07, 6.45) is 3.53. The van der Waals surface area contributed by atoms with Gasteiger partial charge in [-0.1, -0.05) is 54.0 Å². The monoisotopic (exact) mass is 633 g/mol. The first-order valence-electron chi connectivity index (χ1n) is 14.4. The fraction of sp³-hybridized carbons (Fsp3) is 0.344. The van der Waals surface area contributed by atoms with Crippen molar-refractivity contribution in [1.29, 1.82) is 5.26 Å². The largest absolute Gasteiger partial charge is 0.462 e. The minimum Gasteiger partial charge on any atom is -0.462 e. The van der Waals surface area contributed by atoms with Crippen LogP contribution < -0.4 is 9.64 Å². The van der Waals surface area contributed by atoms with Crippen molar-refractivity contribution in [2.45, 2.75) is 31.3 Å². The summed E-state index contributed by atoms with van der Waals surface area (Å²) in [6, 6.07) is 12.5. The maximum Gasteiger partial charge on any atom is 0.320 e. The number of likely N-dealkylation sites (tertiary alicyclic amines) is 1. The summed E-state index contributed by atoms with van der Waals surface area (Å²) in [5.74, 6) is -0.218. The Kier molecular flexibility index (Phi) is 8.54. The number of anilines is 1. The summed E-state index contributed by atoms with van der Waals surface area (Å²) in [4.78, 5) is 32.8. The van der Waals surface area contributed by atoms with Crippen molar-refractivity contribution < 1.29 is 13.9 Å². The Morgan fingerprint density at radius 1 is 1.18 bits per heavy atom. The standard InChI is InChI=1S/C32H30Cl2FN7O2/c1-3-26(43)42-15-14-41(17-20(42)11-12-36)31-23-16-24(33)29(22-8-4-6-19-9-10-25(35)28(34)27(19)22)37-30(23)38-32(39-31)44-18-21-7-5-13-40(21)2/h3-4,6,8-10,16,20-21H,1,5,7,11,13-15,17-18H2,2H3/t20-,21-/m0/s1. The summed E-state index contributed by atoms with van der Waals surface area (Å²) in [6.45, 7) is 6.23. The van der Waals surface area contributed by atoms with E-state index in [0.717, 1.165) is 24.8 Å².